The fraction of sp³-hybridized carbons (Fsp3) is 0. The lowest BCUT2D eigenvalue weighted by Crippen LogP contribution is -2.11. The van der Waals surface area contributed by atoms with E-state index in [0.717, 1.165) is 88.6 Å². The Morgan fingerprint density at radius 3 is 1.83 bits per heavy atom. The van der Waals surface area contributed by atoms with Gasteiger partial charge in [0, 0.05) is 61.1 Å². The molecule has 8 aromatic carbocycles. The topological polar surface area (TPSA) is 26.2 Å². The number of hydrogen-bond acceptors (Lipinski definition) is 2. The number of para-hydroxylation sites is 5. The number of anilines is 3. The Morgan fingerprint density at radius 1 is 0.396 bits per heavy atom. The lowest BCUT2D eigenvalue weighted by Gasteiger charge is -2.27. The van der Waals surface area contributed by atoms with Gasteiger partial charge in [0.2, 0.25) is 0 Å². The number of halogens is 1. The summed E-state index contributed by atoms with van der Waals surface area (Å²) >= 11 is 0. The van der Waals surface area contributed by atoms with E-state index in [9.17, 15) is 4.39 Å². The summed E-state index contributed by atoms with van der Waals surface area (Å²) < 4.78 is 25.9. The van der Waals surface area contributed by atoms with Crippen LogP contribution in [0.2, 0.25) is 0 Å². The first-order chi connectivity index (χ1) is 26.2. The summed E-state index contributed by atoms with van der Waals surface area (Å²) in [5.74, 6) is -0.279. The second-order valence-electron chi connectivity index (χ2n) is 13.5. The van der Waals surface area contributed by atoms with Crippen LogP contribution >= 0.6 is 0 Å². The first-order valence-corrected chi connectivity index (χ1v) is 17.8. The lowest BCUT2D eigenvalue weighted by atomic mass is 10.1. The first-order valence-electron chi connectivity index (χ1n) is 17.8. The lowest BCUT2D eigenvalue weighted by molar-refractivity contribution is 0.627. The molecule has 250 valence electrons. The quantitative estimate of drug-likeness (QED) is 0.180. The molecule has 0 saturated heterocycles. The molecule has 0 N–H and O–H groups in total. The Labute approximate surface area is 303 Å². The van der Waals surface area contributed by atoms with Crippen LogP contribution in [0.3, 0.4) is 0 Å². The van der Waals surface area contributed by atoms with Crippen molar-refractivity contribution in [1.82, 2.24) is 9.13 Å². The summed E-state index contributed by atoms with van der Waals surface area (Å²) in [6.07, 6.45) is 0. The fourth-order valence-electron chi connectivity index (χ4n) is 8.30. The van der Waals surface area contributed by atoms with E-state index in [-0.39, 0.29) is 5.82 Å². The molecular formula is C48H30FN3O. The normalized spacial score (nSPS) is 11.9. The fourth-order valence-corrected chi connectivity index (χ4v) is 8.30. The van der Waals surface area contributed by atoms with Gasteiger partial charge >= 0.3 is 0 Å². The summed E-state index contributed by atoms with van der Waals surface area (Å²) in [7, 11) is 0. The second kappa shape index (κ2) is 11.5. The zero-order chi connectivity index (χ0) is 35.0. The molecule has 11 aromatic rings. The smallest absolute Gasteiger partial charge is 0.137 e. The van der Waals surface area contributed by atoms with E-state index in [4.69, 9.17) is 4.42 Å². The molecule has 0 unspecified atom stereocenters. The Morgan fingerprint density at radius 2 is 1.00 bits per heavy atom. The zero-order valence-electron chi connectivity index (χ0n) is 28.4. The van der Waals surface area contributed by atoms with Crippen LogP contribution in [0.4, 0.5) is 21.5 Å². The minimum absolute atomic E-state index is 0.279. The summed E-state index contributed by atoms with van der Waals surface area (Å²) in [6.45, 7) is 0. The molecule has 5 heteroatoms. The Hall–Kier alpha value is -7.11. The predicted octanol–water partition coefficient (Wildman–Crippen LogP) is 13.4. The van der Waals surface area contributed by atoms with E-state index in [1.807, 2.05) is 30.3 Å². The monoisotopic (exact) mass is 683 g/mol. The predicted molar refractivity (Wildman–Crippen MR) is 217 cm³/mol. The third-order valence-electron chi connectivity index (χ3n) is 10.5. The Kier molecular flexibility index (Phi) is 6.40. The van der Waals surface area contributed by atoms with Crippen molar-refractivity contribution in [1.29, 1.82) is 0 Å². The number of furan rings is 1. The molecular weight excluding hydrogens is 654 g/mol. The van der Waals surface area contributed by atoms with E-state index >= 15 is 0 Å². The molecule has 0 radical (unpaired) electrons. The summed E-state index contributed by atoms with van der Waals surface area (Å²) in [5, 5.41) is 6.66. The number of aromatic nitrogens is 2. The largest absolute Gasteiger partial charge is 0.456 e. The van der Waals surface area contributed by atoms with E-state index in [0.29, 0.717) is 0 Å². The van der Waals surface area contributed by atoms with Gasteiger partial charge < -0.3 is 18.5 Å². The number of benzene rings is 8. The standard InChI is InChI=1S/C48H30FN3O/c49-31-12-10-15-33(28-31)52-43-21-8-4-16-36(43)40-19-11-22-45(48(40)52)50(35-24-26-39-38-18-6-9-23-46(38)53-47(39)30-35)34-25-27-44-41(29-34)37-17-5-7-20-42(37)51(44)32-13-2-1-3-14-32/h1-30H. The molecule has 3 aromatic heterocycles. The molecule has 4 nitrogen and oxygen atoms in total. The van der Waals surface area contributed by atoms with Crippen LogP contribution in [0, 0.1) is 5.82 Å². The average Bonchev–Trinajstić information content (AvgIpc) is 3.86. The van der Waals surface area contributed by atoms with Crippen LogP contribution in [0.15, 0.2) is 186 Å². The number of rotatable bonds is 5. The van der Waals surface area contributed by atoms with Crippen molar-refractivity contribution in [3.05, 3.63) is 188 Å². The molecule has 0 spiro atoms. The maximum atomic E-state index is 14.9. The minimum Gasteiger partial charge on any atom is -0.456 e. The van der Waals surface area contributed by atoms with Gasteiger partial charge in [-0.2, -0.15) is 0 Å². The van der Waals surface area contributed by atoms with E-state index < -0.39 is 0 Å². The van der Waals surface area contributed by atoms with Crippen molar-refractivity contribution < 1.29 is 8.81 Å². The van der Waals surface area contributed by atoms with Gasteiger partial charge in [-0.15, -0.1) is 0 Å². The van der Waals surface area contributed by atoms with Crippen LogP contribution in [-0.4, -0.2) is 9.13 Å². The molecule has 0 amide bonds. The molecule has 11 rings (SSSR count). The highest BCUT2D eigenvalue weighted by atomic mass is 19.1. The van der Waals surface area contributed by atoms with Crippen LogP contribution < -0.4 is 4.90 Å². The van der Waals surface area contributed by atoms with E-state index in [1.54, 1.807) is 12.1 Å². The van der Waals surface area contributed by atoms with Gasteiger partial charge in [-0.3, -0.25) is 0 Å². The van der Waals surface area contributed by atoms with Crippen LogP contribution in [0.25, 0.3) is 76.9 Å². The number of fused-ring (bicyclic) bond motifs is 9. The summed E-state index contributed by atoms with van der Waals surface area (Å²) in [4.78, 5) is 2.32. The summed E-state index contributed by atoms with van der Waals surface area (Å²) in [6, 6.07) is 62.2. The third-order valence-corrected chi connectivity index (χ3v) is 10.5. The minimum atomic E-state index is -0.279. The third kappa shape index (κ3) is 4.47. The molecule has 0 saturated carbocycles. The molecule has 0 aliphatic rings. The molecule has 0 fully saturated rings. The van der Waals surface area contributed by atoms with Gasteiger partial charge in [0.25, 0.3) is 0 Å². The highest BCUT2D eigenvalue weighted by molar-refractivity contribution is 6.16. The van der Waals surface area contributed by atoms with Crippen molar-refractivity contribution >= 4 is 82.6 Å². The van der Waals surface area contributed by atoms with E-state index in [2.05, 4.69) is 147 Å². The first kappa shape index (κ1) is 29.6. The van der Waals surface area contributed by atoms with Gasteiger partial charge in [-0.1, -0.05) is 91.0 Å². The van der Waals surface area contributed by atoms with Crippen molar-refractivity contribution in [3.63, 3.8) is 0 Å². The highest BCUT2D eigenvalue weighted by Crippen LogP contribution is 2.46. The summed E-state index contributed by atoms with van der Waals surface area (Å²) in [5.41, 5.74) is 10.7. The van der Waals surface area contributed by atoms with Crippen LogP contribution in [-0.2, 0) is 0 Å². The maximum Gasteiger partial charge on any atom is 0.137 e. The molecule has 3 heterocycles. The molecule has 53 heavy (non-hydrogen) atoms. The van der Waals surface area contributed by atoms with E-state index in [1.165, 1.54) is 11.5 Å². The number of hydrogen-bond donors (Lipinski definition) is 0. The molecule has 0 aliphatic heterocycles. The Balaban J connectivity index is 1.24. The Bertz CT molecular complexity index is 3210. The van der Waals surface area contributed by atoms with Crippen molar-refractivity contribution in [3.8, 4) is 11.4 Å². The maximum absolute atomic E-state index is 14.9. The zero-order valence-corrected chi connectivity index (χ0v) is 28.4. The van der Waals surface area contributed by atoms with Crippen LogP contribution in [0.1, 0.15) is 0 Å². The van der Waals surface area contributed by atoms with Gasteiger partial charge in [0.15, 0.2) is 0 Å². The van der Waals surface area contributed by atoms with Crippen molar-refractivity contribution in [2.24, 2.45) is 0 Å². The van der Waals surface area contributed by atoms with Gasteiger partial charge in [0.1, 0.15) is 17.0 Å². The van der Waals surface area contributed by atoms with Crippen molar-refractivity contribution in [2.75, 3.05) is 4.90 Å². The number of nitrogens with zero attached hydrogens (tertiary/aromatic N) is 3. The molecule has 0 bridgehead atoms. The molecule has 0 aliphatic carbocycles. The average molecular weight is 684 g/mol. The second-order valence-corrected chi connectivity index (χ2v) is 13.5. The van der Waals surface area contributed by atoms with Crippen LogP contribution in [0.5, 0.6) is 0 Å². The SMILES string of the molecule is Fc1cccc(-n2c3ccccc3c3cccc(N(c4ccc5c(c4)oc4ccccc45)c4ccc5c(c4)c4ccccc4n5-c4ccccc4)c32)c1. The van der Waals surface area contributed by atoms with Gasteiger partial charge in [-0.05, 0) is 84.9 Å². The van der Waals surface area contributed by atoms with Crippen molar-refractivity contribution in [2.45, 2.75) is 0 Å². The highest BCUT2D eigenvalue weighted by Gasteiger charge is 2.24. The van der Waals surface area contributed by atoms with Gasteiger partial charge in [0.05, 0.1) is 27.8 Å². The molecule has 0 atom stereocenters. The van der Waals surface area contributed by atoms with Gasteiger partial charge in [-0.25, -0.2) is 4.39 Å².